The van der Waals surface area contributed by atoms with Crippen molar-refractivity contribution in [1.29, 1.82) is 0 Å². The van der Waals surface area contributed by atoms with E-state index in [1.807, 2.05) is 37.3 Å². The summed E-state index contributed by atoms with van der Waals surface area (Å²) in [6.45, 7) is 2.43. The molecule has 2 aromatic rings. The van der Waals surface area contributed by atoms with E-state index in [2.05, 4.69) is 5.16 Å². The smallest absolute Gasteiger partial charge is 0.360 e. The van der Waals surface area contributed by atoms with Crippen LogP contribution >= 0.6 is 0 Å². The topological polar surface area (TPSA) is 61.6 Å². The van der Waals surface area contributed by atoms with Gasteiger partial charge in [0.1, 0.15) is 5.75 Å². The van der Waals surface area contributed by atoms with Gasteiger partial charge in [0.05, 0.1) is 13.7 Å². The molecule has 0 N–H and O–H groups in total. The second-order valence-electron chi connectivity index (χ2n) is 4.71. The normalized spacial score (nSPS) is 10.8. The molecule has 1 aromatic carbocycles. The highest BCUT2D eigenvalue weighted by Gasteiger charge is 2.12. The lowest BCUT2D eigenvalue weighted by molar-refractivity contribution is 0.0488. The van der Waals surface area contributed by atoms with Crippen LogP contribution in [0.25, 0.3) is 12.2 Å². The molecule has 5 nitrogen and oxygen atoms in total. The molecule has 0 spiro atoms. The quantitative estimate of drug-likeness (QED) is 0.575. The highest BCUT2D eigenvalue weighted by molar-refractivity contribution is 5.87. The van der Waals surface area contributed by atoms with Crippen molar-refractivity contribution in [3.8, 4) is 5.75 Å². The first-order valence-corrected chi connectivity index (χ1v) is 7.19. The van der Waals surface area contributed by atoms with E-state index >= 15 is 0 Å². The van der Waals surface area contributed by atoms with Crippen LogP contribution in [0, 0.1) is 0 Å². The summed E-state index contributed by atoms with van der Waals surface area (Å²) in [6, 6.07) is 9.17. The minimum absolute atomic E-state index is 0.182. The largest absolute Gasteiger partial charge is 0.497 e. The van der Waals surface area contributed by atoms with Crippen molar-refractivity contribution in [2.45, 2.75) is 19.8 Å². The van der Waals surface area contributed by atoms with Crippen LogP contribution in [0.3, 0.4) is 0 Å². The average Bonchev–Trinajstić information content (AvgIpc) is 3.02. The molecule has 0 aliphatic rings. The molecule has 0 unspecified atom stereocenters. The predicted octanol–water partition coefficient (Wildman–Crippen LogP) is 3.81. The highest BCUT2D eigenvalue weighted by Crippen LogP contribution is 2.15. The lowest BCUT2D eigenvalue weighted by Gasteiger charge is -1.99. The second-order valence-corrected chi connectivity index (χ2v) is 4.71. The van der Waals surface area contributed by atoms with E-state index in [1.165, 1.54) is 0 Å². The summed E-state index contributed by atoms with van der Waals surface area (Å²) in [4.78, 5) is 11.7. The number of carbonyl (C=O) groups excluding carboxylic acids is 1. The molecule has 0 fully saturated rings. The zero-order valence-corrected chi connectivity index (χ0v) is 12.7. The summed E-state index contributed by atoms with van der Waals surface area (Å²) < 4.78 is 15.3. The third kappa shape index (κ3) is 4.48. The van der Waals surface area contributed by atoms with E-state index in [-0.39, 0.29) is 5.69 Å². The van der Waals surface area contributed by atoms with Gasteiger partial charge >= 0.3 is 5.97 Å². The molecule has 0 saturated carbocycles. The van der Waals surface area contributed by atoms with Crippen molar-refractivity contribution >= 4 is 18.1 Å². The van der Waals surface area contributed by atoms with Gasteiger partial charge in [0.25, 0.3) is 0 Å². The van der Waals surface area contributed by atoms with Gasteiger partial charge in [-0.3, -0.25) is 0 Å². The Kier molecular flexibility index (Phi) is 5.77. The zero-order chi connectivity index (χ0) is 15.8. The first kappa shape index (κ1) is 15.8. The van der Waals surface area contributed by atoms with E-state index in [0.717, 1.165) is 24.2 Å². The maximum Gasteiger partial charge on any atom is 0.360 e. The van der Waals surface area contributed by atoms with Gasteiger partial charge in [-0.1, -0.05) is 36.7 Å². The van der Waals surface area contributed by atoms with Gasteiger partial charge < -0.3 is 14.0 Å². The van der Waals surface area contributed by atoms with E-state index in [4.69, 9.17) is 14.0 Å². The molecule has 1 aromatic heterocycles. The number of aromatic nitrogens is 1. The maximum atomic E-state index is 11.7. The molecule has 0 amide bonds. The predicted molar refractivity (Wildman–Crippen MR) is 83.6 cm³/mol. The standard InChI is InChI=1S/C17H19NO4/c1-3-4-10-21-17(19)16-12-15(22-18-16)9-8-13-6-5-7-14(11-13)20-2/h5-9,11-12H,3-4,10H2,1-2H3/b9-8+. The van der Waals surface area contributed by atoms with Crippen LogP contribution in [0.5, 0.6) is 5.75 Å². The summed E-state index contributed by atoms with van der Waals surface area (Å²) >= 11 is 0. The molecular formula is C17H19NO4. The molecular weight excluding hydrogens is 282 g/mol. The molecule has 0 bridgehead atoms. The van der Waals surface area contributed by atoms with Crippen molar-refractivity contribution in [1.82, 2.24) is 5.16 Å². The van der Waals surface area contributed by atoms with E-state index in [9.17, 15) is 4.79 Å². The Hall–Kier alpha value is -2.56. The van der Waals surface area contributed by atoms with Crippen molar-refractivity contribution in [3.05, 3.63) is 47.3 Å². The van der Waals surface area contributed by atoms with Gasteiger partial charge in [-0.25, -0.2) is 4.79 Å². The van der Waals surface area contributed by atoms with Crippen LogP contribution in [0.15, 0.2) is 34.9 Å². The summed E-state index contributed by atoms with van der Waals surface area (Å²) in [5, 5.41) is 3.72. The zero-order valence-electron chi connectivity index (χ0n) is 12.7. The molecule has 2 rings (SSSR count). The van der Waals surface area contributed by atoms with Crippen LogP contribution in [-0.2, 0) is 4.74 Å². The summed E-state index contributed by atoms with van der Waals surface area (Å²) in [5.74, 6) is 0.809. The summed E-state index contributed by atoms with van der Waals surface area (Å²) in [7, 11) is 1.62. The number of rotatable bonds is 7. The number of hydrogen-bond donors (Lipinski definition) is 0. The van der Waals surface area contributed by atoms with Gasteiger partial charge in [-0.05, 0) is 30.2 Å². The van der Waals surface area contributed by atoms with Crippen LogP contribution in [0.2, 0.25) is 0 Å². The fraction of sp³-hybridized carbons (Fsp3) is 0.294. The minimum Gasteiger partial charge on any atom is -0.497 e. The number of methoxy groups -OCH3 is 1. The minimum atomic E-state index is -0.460. The monoisotopic (exact) mass is 301 g/mol. The van der Waals surface area contributed by atoms with Crippen LogP contribution < -0.4 is 4.74 Å². The lowest BCUT2D eigenvalue weighted by Crippen LogP contribution is -2.06. The molecule has 0 aliphatic heterocycles. The Morgan fingerprint density at radius 1 is 1.32 bits per heavy atom. The molecule has 0 saturated heterocycles. The Balaban J connectivity index is 1.99. The van der Waals surface area contributed by atoms with Crippen molar-refractivity contribution in [3.63, 3.8) is 0 Å². The molecule has 1 heterocycles. The van der Waals surface area contributed by atoms with Gasteiger partial charge in [-0.15, -0.1) is 0 Å². The Bertz CT molecular complexity index is 646. The van der Waals surface area contributed by atoms with Gasteiger partial charge in [0, 0.05) is 6.07 Å². The highest BCUT2D eigenvalue weighted by atomic mass is 16.5. The van der Waals surface area contributed by atoms with Crippen LogP contribution in [-0.4, -0.2) is 24.8 Å². The van der Waals surface area contributed by atoms with Gasteiger partial charge in [-0.2, -0.15) is 0 Å². The van der Waals surface area contributed by atoms with Crippen LogP contribution in [0.4, 0.5) is 0 Å². The van der Waals surface area contributed by atoms with E-state index in [1.54, 1.807) is 19.3 Å². The molecule has 0 aliphatic carbocycles. The lowest BCUT2D eigenvalue weighted by atomic mass is 10.2. The third-order valence-electron chi connectivity index (χ3n) is 3.00. The number of ether oxygens (including phenoxy) is 2. The first-order chi connectivity index (χ1) is 10.7. The number of carbonyl (C=O) groups is 1. The first-order valence-electron chi connectivity index (χ1n) is 7.19. The average molecular weight is 301 g/mol. The Labute approximate surface area is 129 Å². The van der Waals surface area contributed by atoms with Crippen molar-refractivity contribution < 1.29 is 18.8 Å². The third-order valence-corrected chi connectivity index (χ3v) is 3.00. The Morgan fingerprint density at radius 2 is 2.18 bits per heavy atom. The van der Waals surface area contributed by atoms with Gasteiger partial charge in [0.15, 0.2) is 11.5 Å². The van der Waals surface area contributed by atoms with E-state index < -0.39 is 5.97 Å². The fourth-order valence-electron chi connectivity index (χ4n) is 1.77. The maximum absolute atomic E-state index is 11.7. The molecule has 0 radical (unpaired) electrons. The number of hydrogen-bond acceptors (Lipinski definition) is 5. The summed E-state index contributed by atoms with van der Waals surface area (Å²) in [6.07, 6.45) is 5.41. The summed E-state index contributed by atoms with van der Waals surface area (Å²) in [5.41, 5.74) is 1.14. The number of esters is 1. The SMILES string of the molecule is CCCCOC(=O)c1cc(/C=C/c2cccc(OC)c2)on1. The number of benzene rings is 1. The molecule has 116 valence electrons. The van der Waals surface area contributed by atoms with E-state index in [0.29, 0.717) is 12.4 Å². The van der Waals surface area contributed by atoms with Crippen molar-refractivity contribution in [2.24, 2.45) is 0 Å². The van der Waals surface area contributed by atoms with Crippen LogP contribution in [0.1, 0.15) is 41.6 Å². The van der Waals surface area contributed by atoms with Gasteiger partial charge in [0.2, 0.25) is 0 Å². The second kappa shape index (κ2) is 8.02. The molecule has 0 atom stereocenters. The number of nitrogens with zero attached hydrogens (tertiary/aromatic N) is 1. The Morgan fingerprint density at radius 3 is 2.95 bits per heavy atom. The fourth-order valence-corrected chi connectivity index (χ4v) is 1.77. The number of unbranched alkanes of at least 4 members (excludes halogenated alkanes) is 1. The van der Waals surface area contributed by atoms with Crippen molar-refractivity contribution in [2.75, 3.05) is 13.7 Å². The molecule has 5 heteroatoms. The molecule has 22 heavy (non-hydrogen) atoms.